The van der Waals surface area contributed by atoms with E-state index in [1.54, 1.807) is 11.3 Å². The Labute approximate surface area is 157 Å². The van der Waals surface area contributed by atoms with Crippen molar-refractivity contribution in [3.63, 3.8) is 0 Å². The van der Waals surface area contributed by atoms with Crippen molar-refractivity contribution in [3.8, 4) is 0 Å². The van der Waals surface area contributed by atoms with Crippen molar-refractivity contribution < 1.29 is 9.59 Å². The highest BCUT2D eigenvalue weighted by Crippen LogP contribution is 2.17. The molecule has 138 valence electrons. The van der Waals surface area contributed by atoms with E-state index in [4.69, 9.17) is 5.73 Å². The molecule has 3 N–H and O–H groups in total. The van der Waals surface area contributed by atoms with Crippen molar-refractivity contribution in [3.05, 3.63) is 52.0 Å². The zero-order valence-electron chi connectivity index (χ0n) is 14.7. The molecule has 26 heavy (non-hydrogen) atoms. The molecule has 1 aliphatic rings. The number of benzene rings is 1. The van der Waals surface area contributed by atoms with Gasteiger partial charge >= 0.3 is 0 Å². The van der Waals surface area contributed by atoms with E-state index < -0.39 is 0 Å². The molecule has 1 saturated heterocycles. The number of rotatable bonds is 7. The summed E-state index contributed by atoms with van der Waals surface area (Å²) in [4.78, 5) is 30.0. The fourth-order valence-corrected chi connectivity index (χ4v) is 4.07. The van der Waals surface area contributed by atoms with Crippen LogP contribution in [0.2, 0.25) is 0 Å². The Hall–Kier alpha value is -2.25. The summed E-state index contributed by atoms with van der Waals surface area (Å²) >= 11 is 1.62. The van der Waals surface area contributed by atoms with Crippen molar-refractivity contribution >= 4 is 23.2 Å². The summed E-state index contributed by atoms with van der Waals surface area (Å²) in [6.07, 6.45) is 2.56. The topological polar surface area (TPSA) is 88.3 Å². The lowest BCUT2D eigenvalue weighted by Crippen LogP contribution is -2.45. The molecule has 1 fully saturated rings. The molecule has 1 aromatic heterocycles. The number of hydrogen-bond acceptors (Lipinski definition) is 5. The molecule has 2 amide bonds. The number of carbonyl (C=O) groups excluding carboxylic acids is 2. The maximum atomic E-state index is 12.4. The molecule has 0 spiro atoms. The Balaban J connectivity index is 1.48. The van der Waals surface area contributed by atoms with Gasteiger partial charge in [0.15, 0.2) is 0 Å². The number of likely N-dealkylation sites (tertiary alicyclic amines) is 1. The standard InChI is InChI=1S/C19H24N4O2S/c20-17(24)12-23-8-4-7-15(11-23)19(25)21-10-16-13-26-18(22-16)9-14-5-2-1-3-6-14/h1-3,5-6,13,15H,4,7-12H2,(H2,20,24)(H,21,25). The average molecular weight is 372 g/mol. The minimum Gasteiger partial charge on any atom is -0.369 e. The predicted molar refractivity (Wildman–Crippen MR) is 102 cm³/mol. The van der Waals surface area contributed by atoms with Crippen LogP contribution in [0.25, 0.3) is 0 Å². The summed E-state index contributed by atoms with van der Waals surface area (Å²) in [5.41, 5.74) is 7.37. The first kappa shape index (κ1) is 18.5. The third-order valence-corrected chi connectivity index (χ3v) is 5.39. The molecule has 0 saturated carbocycles. The summed E-state index contributed by atoms with van der Waals surface area (Å²) in [5.74, 6) is -0.415. The van der Waals surface area contributed by atoms with Gasteiger partial charge in [-0.15, -0.1) is 11.3 Å². The van der Waals surface area contributed by atoms with E-state index >= 15 is 0 Å². The van der Waals surface area contributed by atoms with Crippen LogP contribution < -0.4 is 11.1 Å². The van der Waals surface area contributed by atoms with E-state index in [2.05, 4.69) is 22.4 Å². The lowest BCUT2D eigenvalue weighted by atomic mass is 9.97. The Kier molecular flexibility index (Phi) is 6.35. The van der Waals surface area contributed by atoms with Gasteiger partial charge in [0.2, 0.25) is 11.8 Å². The van der Waals surface area contributed by atoms with Gasteiger partial charge < -0.3 is 11.1 Å². The first-order valence-electron chi connectivity index (χ1n) is 8.85. The Bertz CT molecular complexity index is 747. The van der Waals surface area contributed by atoms with Crippen LogP contribution in [-0.4, -0.2) is 41.3 Å². The third-order valence-electron chi connectivity index (χ3n) is 4.50. The van der Waals surface area contributed by atoms with Crippen LogP contribution in [0.5, 0.6) is 0 Å². The molecule has 6 nitrogen and oxygen atoms in total. The summed E-state index contributed by atoms with van der Waals surface area (Å²) in [5, 5.41) is 6.03. The largest absolute Gasteiger partial charge is 0.369 e. The summed E-state index contributed by atoms with van der Waals surface area (Å²) < 4.78 is 0. The maximum Gasteiger partial charge on any atom is 0.231 e. The highest BCUT2D eigenvalue weighted by atomic mass is 32.1. The molecule has 2 aromatic rings. The molecule has 1 aromatic carbocycles. The summed E-state index contributed by atoms with van der Waals surface area (Å²) in [6.45, 7) is 2.07. The minimum absolute atomic E-state index is 0.0248. The first-order chi connectivity index (χ1) is 12.6. The van der Waals surface area contributed by atoms with Crippen LogP contribution in [-0.2, 0) is 22.6 Å². The Morgan fingerprint density at radius 2 is 2.12 bits per heavy atom. The van der Waals surface area contributed by atoms with Crippen molar-refractivity contribution in [1.29, 1.82) is 0 Å². The maximum absolute atomic E-state index is 12.4. The number of aromatic nitrogens is 1. The number of piperidine rings is 1. The Morgan fingerprint density at radius 3 is 2.88 bits per heavy atom. The van der Waals surface area contributed by atoms with Gasteiger partial charge in [-0.25, -0.2) is 4.98 Å². The number of nitrogens with one attached hydrogen (secondary N) is 1. The highest BCUT2D eigenvalue weighted by molar-refractivity contribution is 7.09. The van der Waals surface area contributed by atoms with Gasteiger partial charge in [0.1, 0.15) is 0 Å². The minimum atomic E-state index is -0.348. The van der Waals surface area contributed by atoms with E-state index in [1.807, 2.05) is 28.5 Å². The van der Waals surface area contributed by atoms with Gasteiger partial charge in [0.05, 0.1) is 29.7 Å². The second-order valence-electron chi connectivity index (χ2n) is 6.65. The van der Waals surface area contributed by atoms with Crippen LogP contribution >= 0.6 is 11.3 Å². The molecule has 1 unspecified atom stereocenters. The Morgan fingerprint density at radius 1 is 1.31 bits per heavy atom. The molecule has 0 aliphatic carbocycles. The smallest absolute Gasteiger partial charge is 0.231 e. The second kappa shape index (κ2) is 8.91. The highest BCUT2D eigenvalue weighted by Gasteiger charge is 2.26. The van der Waals surface area contributed by atoms with Crippen LogP contribution in [0.4, 0.5) is 0 Å². The first-order valence-corrected chi connectivity index (χ1v) is 9.73. The molecule has 0 bridgehead atoms. The van der Waals surface area contributed by atoms with Crippen molar-refractivity contribution in [2.75, 3.05) is 19.6 Å². The van der Waals surface area contributed by atoms with E-state index in [-0.39, 0.29) is 24.3 Å². The molecule has 1 aliphatic heterocycles. The van der Waals surface area contributed by atoms with Crippen molar-refractivity contribution in [2.45, 2.75) is 25.8 Å². The van der Waals surface area contributed by atoms with E-state index in [1.165, 1.54) is 5.56 Å². The number of nitrogens with zero attached hydrogens (tertiary/aromatic N) is 2. The van der Waals surface area contributed by atoms with Gasteiger partial charge in [0.25, 0.3) is 0 Å². The zero-order valence-corrected chi connectivity index (χ0v) is 15.5. The monoisotopic (exact) mass is 372 g/mol. The normalized spacial score (nSPS) is 17.8. The second-order valence-corrected chi connectivity index (χ2v) is 7.60. The van der Waals surface area contributed by atoms with Crippen molar-refractivity contribution in [2.24, 2.45) is 11.7 Å². The van der Waals surface area contributed by atoms with Gasteiger partial charge in [-0.2, -0.15) is 0 Å². The van der Waals surface area contributed by atoms with Crippen LogP contribution in [0.1, 0.15) is 29.1 Å². The number of nitrogens with two attached hydrogens (primary N) is 1. The fraction of sp³-hybridized carbons (Fsp3) is 0.421. The van der Waals surface area contributed by atoms with Gasteiger partial charge in [-0.1, -0.05) is 30.3 Å². The van der Waals surface area contributed by atoms with E-state index in [0.717, 1.165) is 36.5 Å². The average Bonchev–Trinajstić information content (AvgIpc) is 3.07. The summed E-state index contributed by atoms with van der Waals surface area (Å²) in [7, 11) is 0. The fourth-order valence-electron chi connectivity index (χ4n) is 3.24. The quantitative estimate of drug-likeness (QED) is 0.772. The lowest BCUT2D eigenvalue weighted by molar-refractivity contribution is -0.128. The van der Waals surface area contributed by atoms with E-state index in [9.17, 15) is 9.59 Å². The number of carbonyl (C=O) groups is 2. The molecule has 2 heterocycles. The van der Waals surface area contributed by atoms with Crippen LogP contribution in [0.3, 0.4) is 0 Å². The van der Waals surface area contributed by atoms with Gasteiger partial charge in [0, 0.05) is 18.3 Å². The molecule has 0 radical (unpaired) electrons. The molecule has 3 rings (SSSR count). The van der Waals surface area contributed by atoms with Gasteiger partial charge in [-0.3, -0.25) is 14.5 Å². The number of hydrogen-bond donors (Lipinski definition) is 2. The molecular weight excluding hydrogens is 348 g/mol. The third kappa shape index (κ3) is 5.37. The number of thiazole rings is 1. The number of amides is 2. The molecule has 7 heteroatoms. The zero-order chi connectivity index (χ0) is 18.4. The van der Waals surface area contributed by atoms with E-state index in [0.29, 0.717) is 13.1 Å². The van der Waals surface area contributed by atoms with Gasteiger partial charge in [-0.05, 0) is 24.9 Å². The van der Waals surface area contributed by atoms with Crippen molar-refractivity contribution in [1.82, 2.24) is 15.2 Å². The molecule has 1 atom stereocenters. The lowest BCUT2D eigenvalue weighted by Gasteiger charge is -2.30. The molecular formula is C19H24N4O2S. The number of primary amides is 1. The van der Waals surface area contributed by atoms with Crippen LogP contribution in [0, 0.1) is 5.92 Å². The summed E-state index contributed by atoms with van der Waals surface area (Å²) in [6, 6.07) is 10.2. The SMILES string of the molecule is NC(=O)CN1CCCC(C(=O)NCc2csc(Cc3ccccc3)n2)C1. The predicted octanol–water partition coefficient (Wildman–Crippen LogP) is 1.55. The van der Waals surface area contributed by atoms with Crippen LogP contribution in [0.15, 0.2) is 35.7 Å².